The standard InChI is InChI=1S/C14H23NO5/c1-6-19-12(17)10-8-7-9(2)11(16)15(10)13(18)20-14(3,4)5/h9-10H,6-8H2,1-5H3/t9?,10-/m0/s1. The second-order valence-electron chi connectivity index (χ2n) is 5.93. The summed E-state index contributed by atoms with van der Waals surface area (Å²) in [6, 6.07) is -0.881. The van der Waals surface area contributed by atoms with E-state index >= 15 is 0 Å². The Morgan fingerprint density at radius 3 is 2.40 bits per heavy atom. The van der Waals surface area contributed by atoms with E-state index in [0.29, 0.717) is 12.8 Å². The van der Waals surface area contributed by atoms with E-state index in [1.165, 1.54) is 0 Å². The zero-order chi connectivity index (χ0) is 15.5. The molecule has 0 aromatic carbocycles. The highest BCUT2D eigenvalue weighted by Gasteiger charge is 2.43. The van der Waals surface area contributed by atoms with Crippen LogP contribution in [0.1, 0.15) is 47.5 Å². The second-order valence-corrected chi connectivity index (χ2v) is 5.93. The van der Waals surface area contributed by atoms with Crippen molar-refractivity contribution in [3.05, 3.63) is 0 Å². The second kappa shape index (κ2) is 6.24. The number of piperidine rings is 1. The molecule has 20 heavy (non-hydrogen) atoms. The first kappa shape index (κ1) is 16.5. The van der Waals surface area contributed by atoms with Crippen LogP contribution in [0.3, 0.4) is 0 Å². The van der Waals surface area contributed by atoms with Gasteiger partial charge < -0.3 is 9.47 Å². The molecule has 1 unspecified atom stereocenters. The molecule has 6 heteroatoms. The monoisotopic (exact) mass is 285 g/mol. The summed E-state index contributed by atoms with van der Waals surface area (Å²) in [5.74, 6) is -1.24. The van der Waals surface area contributed by atoms with Crippen molar-refractivity contribution >= 4 is 18.0 Å². The Morgan fingerprint density at radius 1 is 1.30 bits per heavy atom. The number of hydrogen-bond donors (Lipinski definition) is 0. The molecule has 1 fully saturated rings. The normalized spacial score (nSPS) is 23.4. The van der Waals surface area contributed by atoms with Crippen molar-refractivity contribution in [1.82, 2.24) is 4.90 Å². The third-order valence-corrected chi connectivity index (χ3v) is 2.99. The molecule has 1 aliphatic heterocycles. The van der Waals surface area contributed by atoms with E-state index in [-0.39, 0.29) is 18.4 Å². The van der Waals surface area contributed by atoms with Crippen LogP contribution in [0.5, 0.6) is 0 Å². The van der Waals surface area contributed by atoms with Gasteiger partial charge in [0.1, 0.15) is 11.6 Å². The fourth-order valence-electron chi connectivity index (χ4n) is 2.04. The summed E-state index contributed by atoms with van der Waals surface area (Å²) >= 11 is 0. The van der Waals surface area contributed by atoms with Crippen molar-refractivity contribution in [3.8, 4) is 0 Å². The zero-order valence-electron chi connectivity index (χ0n) is 12.8. The topological polar surface area (TPSA) is 72.9 Å². The van der Waals surface area contributed by atoms with Crippen LogP contribution >= 0.6 is 0 Å². The molecule has 1 aliphatic rings. The predicted molar refractivity (Wildman–Crippen MR) is 71.9 cm³/mol. The highest BCUT2D eigenvalue weighted by atomic mass is 16.6. The first-order chi connectivity index (χ1) is 9.17. The first-order valence-electron chi connectivity index (χ1n) is 6.90. The molecule has 0 aromatic rings. The molecule has 1 rings (SSSR count). The molecule has 0 aliphatic carbocycles. The van der Waals surface area contributed by atoms with Crippen molar-refractivity contribution in [2.75, 3.05) is 6.61 Å². The molecule has 0 N–H and O–H groups in total. The largest absolute Gasteiger partial charge is 0.464 e. The SMILES string of the molecule is CCOC(=O)[C@@H]1CCC(C)C(=O)N1C(=O)OC(C)(C)C. The number of esters is 1. The minimum atomic E-state index is -0.881. The third-order valence-electron chi connectivity index (χ3n) is 2.99. The van der Waals surface area contributed by atoms with Crippen LogP contribution in [0.15, 0.2) is 0 Å². The first-order valence-corrected chi connectivity index (χ1v) is 6.90. The van der Waals surface area contributed by atoms with Gasteiger partial charge in [0, 0.05) is 5.92 Å². The highest BCUT2D eigenvalue weighted by Crippen LogP contribution is 2.26. The summed E-state index contributed by atoms with van der Waals surface area (Å²) in [7, 11) is 0. The Balaban J connectivity index is 2.95. The number of likely N-dealkylation sites (tertiary alicyclic amines) is 1. The zero-order valence-corrected chi connectivity index (χ0v) is 12.8. The molecular formula is C14H23NO5. The number of imide groups is 1. The maximum absolute atomic E-state index is 12.2. The smallest absolute Gasteiger partial charge is 0.417 e. The van der Waals surface area contributed by atoms with Crippen LogP contribution in [-0.4, -0.2) is 41.1 Å². The number of carbonyl (C=O) groups excluding carboxylic acids is 3. The van der Waals surface area contributed by atoms with E-state index in [0.717, 1.165) is 4.90 Å². The number of ether oxygens (including phenoxy) is 2. The van der Waals surface area contributed by atoms with Gasteiger partial charge in [0.2, 0.25) is 5.91 Å². The van der Waals surface area contributed by atoms with E-state index in [1.54, 1.807) is 34.6 Å². The van der Waals surface area contributed by atoms with E-state index < -0.39 is 23.7 Å². The summed E-state index contributed by atoms with van der Waals surface area (Å²) in [6.45, 7) is 8.76. The summed E-state index contributed by atoms with van der Waals surface area (Å²) in [5.41, 5.74) is -0.725. The van der Waals surface area contributed by atoms with Crippen molar-refractivity contribution < 1.29 is 23.9 Å². The lowest BCUT2D eigenvalue weighted by molar-refractivity contribution is -0.158. The molecule has 0 saturated carbocycles. The molecule has 0 bridgehead atoms. The molecule has 0 radical (unpaired) electrons. The van der Waals surface area contributed by atoms with Crippen molar-refractivity contribution in [3.63, 3.8) is 0 Å². The van der Waals surface area contributed by atoms with Crippen molar-refractivity contribution in [2.45, 2.75) is 59.1 Å². The van der Waals surface area contributed by atoms with Crippen LogP contribution in [0.4, 0.5) is 4.79 Å². The lowest BCUT2D eigenvalue weighted by atomic mass is 9.93. The lowest BCUT2D eigenvalue weighted by Gasteiger charge is -2.36. The fraction of sp³-hybridized carbons (Fsp3) is 0.786. The van der Waals surface area contributed by atoms with E-state index in [9.17, 15) is 14.4 Å². The van der Waals surface area contributed by atoms with Crippen LogP contribution in [-0.2, 0) is 19.1 Å². The molecular weight excluding hydrogens is 262 g/mol. The Hall–Kier alpha value is -1.59. The number of rotatable bonds is 2. The van der Waals surface area contributed by atoms with E-state index in [4.69, 9.17) is 9.47 Å². The molecule has 6 nitrogen and oxygen atoms in total. The summed E-state index contributed by atoms with van der Waals surface area (Å²) in [4.78, 5) is 37.2. The summed E-state index contributed by atoms with van der Waals surface area (Å²) in [5, 5.41) is 0. The van der Waals surface area contributed by atoms with Gasteiger partial charge in [-0.25, -0.2) is 14.5 Å². The third kappa shape index (κ3) is 3.95. The van der Waals surface area contributed by atoms with Gasteiger partial charge in [0.05, 0.1) is 6.61 Å². The van der Waals surface area contributed by atoms with Crippen LogP contribution in [0.25, 0.3) is 0 Å². The lowest BCUT2D eigenvalue weighted by Crippen LogP contribution is -2.55. The van der Waals surface area contributed by atoms with E-state index in [1.807, 2.05) is 0 Å². The number of nitrogens with zero attached hydrogens (tertiary/aromatic N) is 1. The minimum absolute atomic E-state index is 0.210. The van der Waals surface area contributed by atoms with Gasteiger partial charge in [0.15, 0.2) is 0 Å². The van der Waals surface area contributed by atoms with Gasteiger partial charge in [0.25, 0.3) is 0 Å². The van der Waals surface area contributed by atoms with Crippen molar-refractivity contribution in [2.24, 2.45) is 5.92 Å². The van der Waals surface area contributed by atoms with Crippen LogP contribution in [0, 0.1) is 5.92 Å². The van der Waals surface area contributed by atoms with Gasteiger partial charge in [-0.1, -0.05) is 6.92 Å². The Morgan fingerprint density at radius 2 is 1.90 bits per heavy atom. The fourth-order valence-corrected chi connectivity index (χ4v) is 2.04. The molecule has 1 heterocycles. The molecule has 114 valence electrons. The molecule has 0 aromatic heterocycles. The quantitative estimate of drug-likeness (QED) is 0.726. The van der Waals surface area contributed by atoms with Gasteiger partial charge in [-0.2, -0.15) is 0 Å². The van der Waals surface area contributed by atoms with Crippen LogP contribution < -0.4 is 0 Å². The van der Waals surface area contributed by atoms with Gasteiger partial charge in [-0.15, -0.1) is 0 Å². The van der Waals surface area contributed by atoms with Crippen LogP contribution in [0.2, 0.25) is 0 Å². The average Bonchev–Trinajstić information content (AvgIpc) is 2.30. The minimum Gasteiger partial charge on any atom is -0.464 e. The Bertz CT molecular complexity index is 399. The van der Waals surface area contributed by atoms with Gasteiger partial charge in [-0.05, 0) is 40.5 Å². The number of carbonyl (C=O) groups is 3. The molecule has 2 atom stereocenters. The molecule has 1 saturated heterocycles. The predicted octanol–water partition coefficient (Wildman–Crippen LogP) is 2.11. The van der Waals surface area contributed by atoms with Gasteiger partial charge in [-0.3, -0.25) is 4.79 Å². The summed E-state index contributed by atoms with van der Waals surface area (Å²) in [6.07, 6.45) is 0.180. The highest BCUT2D eigenvalue weighted by molar-refractivity contribution is 5.98. The maximum Gasteiger partial charge on any atom is 0.417 e. The summed E-state index contributed by atoms with van der Waals surface area (Å²) < 4.78 is 10.1. The van der Waals surface area contributed by atoms with E-state index in [2.05, 4.69) is 0 Å². The molecule has 2 amide bonds. The maximum atomic E-state index is 12.2. The number of hydrogen-bond acceptors (Lipinski definition) is 5. The van der Waals surface area contributed by atoms with Crippen molar-refractivity contribution in [1.29, 1.82) is 0 Å². The molecule has 0 spiro atoms. The Labute approximate surface area is 119 Å². The average molecular weight is 285 g/mol. The Kier molecular flexibility index (Phi) is 5.14. The number of amides is 2. The van der Waals surface area contributed by atoms with Gasteiger partial charge >= 0.3 is 12.1 Å².